The molecule has 0 radical (unpaired) electrons. The molecule has 1 amide bonds. The first-order chi connectivity index (χ1) is 14.5. The molecule has 0 fully saturated rings. The highest BCUT2D eigenvalue weighted by Crippen LogP contribution is 2.10. The normalized spacial score (nSPS) is 12.0. The van der Waals surface area contributed by atoms with Gasteiger partial charge in [-0.15, -0.1) is 24.0 Å². The van der Waals surface area contributed by atoms with E-state index >= 15 is 0 Å². The number of aryl methyl sites for hydroxylation is 1. The lowest BCUT2D eigenvalue weighted by Crippen LogP contribution is -2.54. The summed E-state index contributed by atoms with van der Waals surface area (Å²) in [6.07, 6.45) is 5.01. The number of pyridine rings is 1. The molecule has 0 atom stereocenters. The second-order valence-corrected chi connectivity index (χ2v) is 8.93. The molecule has 9 nitrogen and oxygen atoms in total. The number of halogens is 1. The minimum Gasteiger partial charge on any atom is -0.444 e. The molecule has 0 saturated heterocycles. The summed E-state index contributed by atoms with van der Waals surface area (Å²) in [5, 5.41) is 9.38. The van der Waals surface area contributed by atoms with Gasteiger partial charge in [-0.25, -0.2) is 19.8 Å². The molecule has 0 aliphatic heterocycles. The van der Waals surface area contributed by atoms with Gasteiger partial charge < -0.3 is 20.7 Å². The van der Waals surface area contributed by atoms with Crippen molar-refractivity contribution in [3.05, 3.63) is 42.1 Å². The fraction of sp³-hybridized carbons (Fsp3) is 0.545. The van der Waals surface area contributed by atoms with Crippen molar-refractivity contribution in [2.75, 3.05) is 13.1 Å². The maximum absolute atomic E-state index is 12.1. The Morgan fingerprint density at radius 2 is 1.88 bits per heavy atom. The lowest BCUT2D eigenvalue weighted by molar-refractivity contribution is 0.0474. The van der Waals surface area contributed by atoms with E-state index in [2.05, 4.69) is 30.9 Å². The van der Waals surface area contributed by atoms with E-state index in [1.165, 1.54) is 0 Å². The largest absolute Gasteiger partial charge is 0.444 e. The summed E-state index contributed by atoms with van der Waals surface area (Å²) >= 11 is 0. The van der Waals surface area contributed by atoms with E-state index in [0.29, 0.717) is 19.0 Å². The van der Waals surface area contributed by atoms with Crippen molar-refractivity contribution in [2.24, 2.45) is 4.99 Å². The van der Waals surface area contributed by atoms with Crippen LogP contribution in [0.1, 0.15) is 52.9 Å². The summed E-state index contributed by atoms with van der Waals surface area (Å²) in [4.78, 5) is 25.4. The first-order valence-electron chi connectivity index (χ1n) is 10.5. The fourth-order valence-electron chi connectivity index (χ4n) is 2.71. The maximum Gasteiger partial charge on any atom is 0.408 e. The first-order valence-corrected chi connectivity index (χ1v) is 10.5. The summed E-state index contributed by atoms with van der Waals surface area (Å²) in [6, 6.07) is 3.95. The molecule has 2 heterocycles. The van der Waals surface area contributed by atoms with Gasteiger partial charge in [0.1, 0.15) is 17.2 Å². The summed E-state index contributed by atoms with van der Waals surface area (Å²) in [5.74, 6) is 2.37. The number of carbonyl (C=O) groups is 1. The molecule has 2 aromatic rings. The Labute approximate surface area is 207 Å². The summed E-state index contributed by atoms with van der Waals surface area (Å²) < 4.78 is 7.27. The van der Waals surface area contributed by atoms with Crippen molar-refractivity contribution in [1.82, 2.24) is 30.5 Å². The number of rotatable bonds is 7. The van der Waals surface area contributed by atoms with E-state index in [1.807, 2.05) is 77.6 Å². The number of carbonyl (C=O) groups excluding carboxylic acids is 1. The van der Waals surface area contributed by atoms with Crippen molar-refractivity contribution in [1.29, 1.82) is 0 Å². The van der Waals surface area contributed by atoms with Gasteiger partial charge in [0.05, 0.1) is 12.1 Å². The summed E-state index contributed by atoms with van der Waals surface area (Å²) in [5.41, 5.74) is -0.0704. The van der Waals surface area contributed by atoms with Crippen LogP contribution in [0.15, 0.2) is 35.7 Å². The van der Waals surface area contributed by atoms with E-state index < -0.39 is 17.2 Å². The van der Waals surface area contributed by atoms with Crippen LogP contribution in [0.2, 0.25) is 0 Å². The number of alkyl carbamates (subject to hydrolysis) is 1. The Balaban J connectivity index is 0.00000512. The van der Waals surface area contributed by atoms with E-state index in [0.717, 1.165) is 23.8 Å². The molecule has 0 spiro atoms. The molecule has 2 rings (SSSR count). The van der Waals surface area contributed by atoms with Crippen LogP contribution in [-0.2, 0) is 11.3 Å². The van der Waals surface area contributed by atoms with Gasteiger partial charge in [-0.05, 0) is 60.1 Å². The zero-order chi connectivity index (χ0) is 23.1. The van der Waals surface area contributed by atoms with E-state index in [4.69, 9.17) is 4.74 Å². The van der Waals surface area contributed by atoms with Gasteiger partial charge in [-0.1, -0.05) is 6.07 Å². The van der Waals surface area contributed by atoms with Crippen molar-refractivity contribution in [3.8, 4) is 5.82 Å². The molecule has 0 aliphatic rings. The number of amides is 1. The van der Waals surface area contributed by atoms with E-state index in [1.54, 1.807) is 6.20 Å². The average Bonchev–Trinajstić information content (AvgIpc) is 3.08. The Bertz CT molecular complexity index is 886. The Kier molecular flexibility index (Phi) is 10.4. The summed E-state index contributed by atoms with van der Waals surface area (Å²) in [7, 11) is 0. The maximum atomic E-state index is 12.1. The number of ether oxygens (including phenoxy) is 1. The minimum absolute atomic E-state index is 0. The van der Waals surface area contributed by atoms with Gasteiger partial charge in [0, 0.05) is 31.7 Å². The Morgan fingerprint density at radius 1 is 1.16 bits per heavy atom. The van der Waals surface area contributed by atoms with Gasteiger partial charge in [-0.3, -0.25) is 4.57 Å². The number of hydrogen-bond donors (Lipinski definition) is 3. The van der Waals surface area contributed by atoms with Crippen molar-refractivity contribution < 1.29 is 9.53 Å². The minimum atomic E-state index is -0.538. The van der Waals surface area contributed by atoms with Gasteiger partial charge in [0.15, 0.2) is 5.96 Å². The lowest BCUT2D eigenvalue weighted by atomic mass is 10.1. The molecular formula is C22H36IN7O2. The predicted molar refractivity (Wildman–Crippen MR) is 138 cm³/mol. The monoisotopic (exact) mass is 557 g/mol. The highest BCUT2D eigenvalue weighted by molar-refractivity contribution is 14.0. The number of aromatic nitrogens is 3. The van der Waals surface area contributed by atoms with Gasteiger partial charge in [-0.2, -0.15) is 0 Å². The van der Waals surface area contributed by atoms with Crippen molar-refractivity contribution >= 4 is 36.0 Å². The number of imidazole rings is 1. The van der Waals surface area contributed by atoms with Crippen LogP contribution in [0.4, 0.5) is 4.79 Å². The summed E-state index contributed by atoms with van der Waals surface area (Å²) in [6.45, 7) is 15.0. The van der Waals surface area contributed by atoms with Crippen LogP contribution >= 0.6 is 24.0 Å². The highest BCUT2D eigenvalue weighted by Gasteiger charge is 2.24. The van der Waals surface area contributed by atoms with Crippen LogP contribution < -0.4 is 16.0 Å². The number of nitrogens with zero attached hydrogens (tertiary/aromatic N) is 4. The zero-order valence-corrected chi connectivity index (χ0v) is 22.4. The number of guanidine groups is 1. The quantitative estimate of drug-likeness (QED) is 0.273. The molecule has 0 unspecified atom stereocenters. The molecule has 10 heteroatoms. The second-order valence-electron chi connectivity index (χ2n) is 8.93. The third-order valence-electron chi connectivity index (χ3n) is 4.18. The van der Waals surface area contributed by atoms with Gasteiger partial charge in [0.2, 0.25) is 0 Å². The zero-order valence-electron chi connectivity index (χ0n) is 20.0. The Morgan fingerprint density at radius 3 is 2.41 bits per heavy atom. The topological polar surface area (TPSA) is 105 Å². The van der Waals surface area contributed by atoms with Crippen molar-refractivity contribution in [2.45, 2.75) is 66.2 Å². The molecule has 32 heavy (non-hydrogen) atoms. The number of hydrogen-bond acceptors (Lipinski definition) is 5. The smallest absolute Gasteiger partial charge is 0.408 e. The third kappa shape index (κ3) is 9.41. The first kappa shape index (κ1) is 27.7. The van der Waals surface area contributed by atoms with E-state index in [9.17, 15) is 4.79 Å². The van der Waals surface area contributed by atoms with Crippen LogP contribution in [0.3, 0.4) is 0 Å². The number of aliphatic imine (C=N–C) groups is 1. The average molecular weight is 557 g/mol. The third-order valence-corrected chi connectivity index (χ3v) is 4.18. The van der Waals surface area contributed by atoms with Crippen LogP contribution in [0.5, 0.6) is 0 Å². The molecule has 0 aromatic carbocycles. The van der Waals surface area contributed by atoms with Gasteiger partial charge in [0.25, 0.3) is 0 Å². The SMILES string of the molecule is CCNC(=NCc1ccc(-n2ccnc2C)nc1)NCC(C)(C)NC(=O)OC(C)(C)C.I. The van der Waals surface area contributed by atoms with Crippen molar-refractivity contribution in [3.63, 3.8) is 0 Å². The molecule has 0 saturated carbocycles. The van der Waals surface area contributed by atoms with Crippen LogP contribution in [0, 0.1) is 6.92 Å². The highest BCUT2D eigenvalue weighted by atomic mass is 127. The fourth-order valence-corrected chi connectivity index (χ4v) is 2.71. The molecule has 0 bridgehead atoms. The van der Waals surface area contributed by atoms with E-state index in [-0.39, 0.29) is 24.0 Å². The molecule has 0 aliphatic carbocycles. The predicted octanol–water partition coefficient (Wildman–Crippen LogP) is 3.55. The van der Waals surface area contributed by atoms with Crippen LogP contribution in [-0.4, -0.2) is 50.8 Å². The molecule has 178 valence electrons. The lowest BCUT2D eigenvalue weighted by Gasteiger charge is -2.29. The van der Waals surface area contributed by atoms with Crippen LogP contribution in [0.25, 0.3) is 5.82 Å². The molecule has 2 aromatic heterocycles. The molecular weight excluding hydrogens is 521 g/mol. The van der Waals surface area contributed by atoms with Gasteiger partial charge >= 0.3 is 6.09 Å². The Hall–Kier alpha value is -2.37. The second kappa shape index (κ2) is 12.0. The number of nitrogens with one attached hydrogen (secondary N) is 3. The standard InChI is InChI=1S/C22H35N7O2.HI/c1-8-23-19(27-15-22(6,7)28-20(30)31-21(3,4)5)26-14-17-9-10-18(25-13-17)29-12-11-24-16(29)2;/h9-13H,8,14-15H2,1-7H3,(H,28,30)(H2,23,26,27);1H. The molecule has 3 N–H and O–H groups in total.